The highest BCUT2D eigenvalue weighted by Crippen LogP contribution is 2.29. The van der Waals surface area contributed by atoms with Gasteiger partial charge in [-0.15, -0.1) is 0 Å². The molecule has 3 N–H and O–H groups in total. The molecule has 8 nitrogen and oxygen atoms in total. The zero-order valence-electron chi connectivity index (χ0n) is 16.5. The summed E-state index contributed by atoms with van der Waals surface area (Å²) in [7, 11) is -3.82. The quantitative estimate of drug-likeness (QED) is 0.624. The summed E-state index contributed by atoms with van der Waals surface area (Å²) >= 11 is 0. The summed E-state index contributed by atoms with van der Waals surface area (Å²) in [5.41, 5.74) is -0.653. The highest BCUT2D eigenvalue weighted by Gasteiger charge is 2.37. The van der Waals surface area contributed by atoms with Gasteiger partial charge in [0.1, 0.15) is 5.84 Å². The van der Waals surface area contributed by atoms with Gasteiger partial charge in [0.05, 0.1) is 10.3 Å². The fourth-order valence-electron chi connectivity index (χ4n) is 3.21. The second-order valence-electron chi connectivity index (χ2n) is 7.29. The van der Waals surface area contributed by atoms with Crippen LogP contribution in [-0.4, -0.2) is 37.8 Å². The van der Waals surface area contributed by atoms with Crippen LogP contribution in [0.2, 0.25) is 0 Å². The lowest BCUT2D eigenvalue weighted by atomic mass is 9.79. The van der Waals surface area contributed by atoms with E-state index in [0.29, 0.717) is 24.4 Å². The number of nitrogens with one attached hydrogen (secondary N) is 2. The number of hydrogen-bond acceptors (Lipinski definition) is 5. The fourth-order valence-corrected chi connectivity index (χ4v) is 4.35. The van der Waals surface area contributed by atoms with Gasteiger partial charge < -0.3 is 10.4 Å². The zero-order valence-corrected chi connectivity index (χ0v) is 17.3. The number of carboxylic acid groups (broad SMARTS) is 1. The van der Waals surface area contributed by atoms with Crippen molar-refractivity contribution in [1.29, 1.82) is 0 Å². The van der Waals surface area contributed by atoms with Crippen molar-refractivity contribution >= 4 is 33.4 Å². The molecule has 0 bridgehead atoms. The third-order valence-corrected chi connectivity index (χ3v) is 6.33. The first-order valence-electron chi connectivity index (χ1n) is 9.46. The molecule has 0 fully saturated rings. The topological polar surface area (TPSA) is 125 Å². The van der Waals surface area contributed by atoms with Crippen LogP contribution in [0.5, 0.6) is 0 Å². The molecule has 158 valence electrons. The maximum Gasteiger partial charge on any atom is 0.314 e. The lowest BCUT2D eigenvalue weighted by Crippen LogP contribution is -2.36. The average Bonchev–Trinajstić information content (AvgIpc) is 3.21. The number of anilines is 1. The minimum Gasteiger partial charge on any atom is -0.481 e. The molecule has 0 spiro atoms. The Hall–Kier alpha value is -3.20. The molecule has 9 heteroatoms. The number of carbonyl (C=O) groups excluding carboxylic acids is 1. The number of amidine groups is 1. The van der Waals surface area contributed by atoms with Crippen LogP contribution >= 0.6 is 0 Å². The molecule has 0 aromatic heterocycles. The Kier molecular flexibility index (Phi) is 6.21. The molecule has 2 aromatic rings. The molecule has 0 aliphatic carbocycles. The van der Waals surface area contributed by atoms with Gasteiger partial charge in [0.25, 0.3) is 10.0 Å². The number of sulfonamides is 1. The smallest absolute Gasteiger partial charge is 0.314 e. The molecule has 1 amide bonds. The molecule has 1 heterocycles. The minimum atomic E-state index is -3.82. The van der Waals surface area contributed by atoms with Crippen molar-refractivity contribution in [3.05, 3.63) is 60.2 Å². The van der Waals surface area contributed by atoms with E-state index in [1.807, 2.05) is 0 Å². The maximum atomic E-state index is 12.6. The number of carboxylic acids is 1. The largest absolute Gasteiger partial charge is 0.481 e. The summed E-state index contributed by atoms with van der Waals surface area (Å²) in [4.78, 5) is 28.6. The first kappa shape index (κ1) is 21.5. The second kappa shape index (κ2) is 8.66. The number of aliphatic carboxylic acids is 1. The average molecular weight is 429 g/mol. The first-order valence-corrected chi connectivity index (χ1v) is 10.9. The summed E-state index contributed by atoms with van der Waals surface area (Å²) in [6.45, 7) is 2.08. The van der Waals surface area contributed by atoms with Crippen LogP contribution in [0.25, 0.3) is 0 Å². The van der Waals surface area contributed by atoms with Crippen molar-refractivity contribution in [2.24, 2.45) is 4.99 Å². The van der Waals surface area contributed by atoms with Crippen molar-refractivity contribution in [1.82, 2.24) is 4.72 Å². The van der Waals surface area contributed by atoms with Crippen molar-refractivity contribution < 1.29 is 23.1 Å². The summed E-state index contributed by atoms with van der Waals surface area (Å²) in [5, 5.41) is 12.3. The van der Waals surface area contributed by atoms with Gasteiger partial charge in [-0.2, -0.15) is 0 Å². The summed E-state index contributed by atoms with van der Waals surface area (Å²) in [5.74, 6) is -1.24. The van der Waals surface area contributed by atoms with Gasteiger partial charge >= 0.3 is 5.97 Å². The fraction of sp³-hybridized carbons (Fsp3) is 0.286. The Morgan fingerprint density at radius 3 is 2.50 bits per heavy atom. The van der Waals surface area contributed by atoms with E-state index in [-0.39, 0.29) is 17.0 Å². The summed E-state index contributed by atoms with van der Waals surface area (Å²) in [6.07, 6.45) is 1.07. The lowest BCUT2D eigenvalue weighted by molar-refractivity contribution is -0.145. The normalized spacial score (nSPS) is 15.7. The van der Waals surface area contributed by atoms with Gasteiger partial charge in [-0.05, 0) is 37.1 Å². The van der Waals surface area contributed by atoms with E-state index in [2.05, 4.69) is 15.0 Å². The molecule has 0 radical (unpaired) electrons. The Balaban J connectivity index is 1.75. The SMILES string of the molecule is CC(CC(=O)Nc1cccc(S(=O)(=O)NC2=NCCC2)c1)(C(=O)O)c1ccccc1. The van der Waals surface area contributed by atoms with Crippen molar-refractivity contribution in [2.75, 3.05) is 11.9 Å². The highest BCUT2D eigenvalue weighted by molar-refractivity contribution is 7.90. The monoisotopic (exact) mass is 429 g/mol. The summed E-state index contributed by atoms with van der Waals surface area (Å²) in [6, 6.07) is 14.3. The Morgan fingerprint density at radius 1 is 1.13 bits per heavy atom. The molecule has 1 aliphatic rings. The maximum absolute atomic E-state index is 12.6. The van der Waals surface area contributed by atoms with E-state index in [4.69, 9.17) is 0 Å². The van der Waals surface area contributed by atoms with Crippen LogP contribution in [0.4, 0.5) is 5.69 Å². The van der Waals surface area contributed by atoms with Gasteiger partial charge in [0, 0.05) is 25.1 Å². The number of carbonyl (C=O) groups is 2. The second-order valence-corrected chi connectivity index (χ2v) is 8.98. The molecular weight excluding hydrogens is 406 g/mol. The molecule has 1 unspecified atom stereocenters. The van der Waals surface area contributed by atoms with Crippen molar-refractivity contribution in [3.63, 3.8) is 0 Å². The lowest BCUT2D eigenvalue weighted by Gasteiger charge is -2.24. The Bertz CT molecular complexity index is 1080. The third-order valence-electron chi connectivity index (χ3n) is 4.95. The van der Waals surface area contributed by atoms with Crippen LogP contribution in [0.15, 0.2) is 64.5 Å². The molecule has 2 aromatic carbocycles. The van der Waals surface area contributed by atoms with Gasteiger partial charge in [0.15, 0.2) is 0 Å². The predicted octanol–water partition coefficient (Wildman–Crippen LogP) is 2.53. The molecule has 30 heavy (non-hydrogen) atoms. The van der Waals surface area contributed by atoms with Gasteiger partial charge in [-0.1, -0.05) is 36.4 Å². The molecule has 0 saturated heterocycles. The summed E-state index contributed by atoms with van der Waals surface area (Å²) < 4.78 is 27.6. The van der Waals surface area contributed by atoms with E-state index in [9.17, 15) is 23.1 Å². The van der Waals surface area contributed by atoms with E-state index < -0.39 is 27.3 Å². The van der Waals surface area contributed by atoms with Gasteiger partial charge in [0.2, 0.25) is 5.91 Å². The predicted molar refractivity (Wildman–Crippen MR) is 113 cm³/mol. The number of rotatable bonds is 7. The highest BCUT2D eigenvalue weighted by atomic mass is 32.2. The van der Waals surface area contributed by atoms with Gasteiger partial charge in [-0.25, -0.2) is 8.42 Å². The van der Waals surface area contributed by atoms with E-state index >= 15 is 0 Å². The van der Waals surface area contributed by atoms with E-state index in [1.165, 1.54) is 25.1 Å². The van der Waals surface area contributed by atoms with Crippen LogP contribution in [-0.2, 0) is 25.0 Å². The molecule has 3 rings (SSSR count). The van der Waals surface area contributed by atoms with Gasteiger partial charge in [-0.3, -0.25) is 19.3 Å². The van der Waals surface area contributed by atoms with E-state index in [1.54, 1.807) is 36.4 Å². The Morgan fingerprint density at radius 2 is 1.87 bits per heavy atom. The first-order chi connectivity index (χ1) is 14.2. The van der Waals surface area contributed by atoms with Crippen molar-refractivity contribution in [3.8, 4) is 0 Å². The number of hydrogen-bond donors (Lipinski definition) is 3. The third kappa shape index (κ3) is 4.85. The van der Waals surface area contributed by atoms with Crippen LogP contribution < -0.4 is 10.0 Å². The van der Waals surface area contributed by atoms with E-state index in [0.717, 1.165) is 6.42 Å². The molecular formula is C21H23N3O5S. The standard InChI is InChI=1S/C21H23N3O5S/c1-21(20(26)27,15-7-3-2-4-8-15)14-19(25)23-16-9-5-10-17(13-16)30(28,29)24-18-11-6-12-22-18/h2-5,7-10,13H,6,11-12,14H2,1H3,(H,22,24)(H,23,25)(H,26,27). The zero-order chi connectivity index (χ0) is 21.8. The minimum absolute atomic E-state index is 0.0149. The van der Waals surface area contributed by atoms with Crippen molar-refractivity contribution in [2.45, 2.75) is 36.5 Å². The van der Waals surface area contributed by atoms with Crippen LogP contribution in [0.1, 0.15) is 31.7 Å². The molecule has 0 saturated carbocycles. The Labute approximate surface area is 175 Å². The number of nitrogens with zero attached hydrogens (tertiary/aromatic N) is 1. The molecule has 1 atom stereocenters. The molecule has 1 aliphatic heterocycles. The van der Waals surface area contributed by atoms with Crippen LogP contribution in [0.3, 0.4) is 0 Å². The number of aliphatic imine (C=N–C) groups is 1. The number of amides is 1. The number of benzene rings is 2. The van der Waals surface area contributed by atoms with Crippen LogP contribution in [0, 0.1) is 0 Å².